The van der Waals surface area contributed by atoms with Crippen molar-refractivity contribution in [2.24, 2.45) is 28.3 Å². The molecule has 6 nitrogen and oxygen atoms in total. The van der Waals surface area contributed by atoms with Gasteiger partial charge >= 0.3 is 0 Å². The molecule has 2 N–H and O–H groups in total. The highest BCUT2D eigenvalue weighted by Crippen LogP contribution is 2.50. The monoisotopic (exact) mass is 402 g/mol. The van der Waals surface area contributed by atoms with Crippen molar-refractivity contribution < 1.29 is 0 Å². The third-order valence-electron chi connectivity index (χ3n) is 7.27. The Morgan fingerprint density at radius 2 is 2.13 bits per heavy atom. The molecule has 30 heavy (non-hydrogen) atoms. The number of fused-ring (bicyclic) bond motifs is 4. The summed E-state index contributed by atoms with van der Waals surface area (Å²) >= 11 is 0. The standard InChI is InChI=1S/C24H30N6/c1-14-7-5-9-18-20(14)26-22-21(18)28-30-23(27-22)29-25-13-17-12-19-16(11-15(17)2)8-6-10-24(19,3)4/h5,7-9,13,15,17,19H,6,10-12H2,1-4H3,(H2,26,27,29,30)/b25-13+/t15-,17+,19-/m0/s1. The van der Waals surface area contributed by atoms with E-state index in [1.165, 1.54) is 31.2 Å². The number of nitrogens with zero attached hydrogens (tertiary/aromatic N) is 4. The number of hydrogen-bond acceptors (Lipinski definition) is 5. The maximum Gasteiger partial charge on any atom is 0.265 e. The molecule has 1 aromatic carbocycles. The minimum atomic E-state index is 0.384. The number of aryl methyl sites for hydroxylation is 1. The summed E-state index contributed by atoms with van der Waals surface area (Å²) in [6.07, 6.45) is 9.42. The SMILES string of the molecule is Cc1cccc2c1[nH]c1nc(N/N=C/[C@H]3C[C@H]4C(=CCCC4(C)C)C[C@@H]3C)nnc12. The van der Waals surface area contributed by atoms with E-state index in [-0.39, 0.29) is 0 Å². The van der Waals surface area contributed by atoms with Gasteiger partial charge in [-0.2, -0.15) is 10.1 Å². The maximum absolute atomic E-state index is 4.58. The van der Waals surface area contributed by atoms with Crippen molar-refractivity contribution in [1.82, 2.24) is 20.2 Å². The second-order valence-electron chi connectivity index (χ2n) is 9.78. The molecule has 2 heterocycles. The average molecular weight is 403 g/mol. The van der Waals surface area contributed by atoms with Crippen LogP contribution >= 0.6 is 0 Å². The minimum Gasteiger partial charge on any atom is -0.337 e. The van der Waals surface area contributed by atoms with Crippen LogP contribution in [0.3, 0.4) is 0 Å². The quantitative estimate of drug-likeness (QED) is 0.338. The normalized spacial score (nSPS) is 26.1. The molecular weight excluding hydrogens is 372 g/mol. The third-order valence-corrected chi connectivity index (χ3v) is 7.27. The molecule has 1 fully saturated rings. The molecule has 0 radical (unpaired) electrons. The summed E-state index contributed by atoms with van der Waals surface area (Å²) in [6.45, 7) is 9.26. The van der Waals surface area contributed by atoms with E-state index in [0.717, 1.165) is 22.1 Å². The molecule has 0 saturated heterocycles. The number of aromatic amines is 1. The van der Waals surface area contributed by atoms with Crippen LogP contribution in [0.4, 0.5) is 5.95 Å². The van der Waals surface area contributed by atoms with Crippen LogP contribution in [0.1, 0.15) is 52.0 Å². The summed E-state index contributed by atoms with van der Waals surface area (Å²) in [5.41, 5.74) is 8.82. The highest BCUT2D eigenvalue weighted by molar-refractivity contribution is 6.04. The van der Waals surface area contributed by atoms with Crippen molar-refractivity contribution in [1.29, 1.82) is 0 Å². The molecule has 3 atom stereocenters. The zero-order valence-electron chi connectivity index (χ0n) is 18.2. The van der Waals surface area contributed by atoms with Crippen molar-refractivity contribution in [3.05, 3.63) is 35.4 Å². The highest BCUT2D eigenvalue weighted by atomic mass is 15.4. The molecule has 156 valence electrons. The van der Waals surface area contributed by atoms with E-state index in [0.29, 0.717) is 29.1 Å². The van der Waals surface area contributed by atoms with Crippen molar-refractivity contribution in [3.63, 3.8) is 0 Å². The molecule has 6 heteroatoms. The van der Waals surface area contributed by atoms with Crippen LogP contribution in [0.5, 0.6) is 0 Å². The third kappa shape index (κ3) is 3.28. The number of hydrogen-bond donors (Lipinski definition) is 2. The Kier molecular flexibility index (Phi) is 4.60. The number of H-pyrrole nitrogens is 1. The lowest BCUT2D eigenvalue weighted by Crippen LogP contribution is -2.36. The smallest absolute Gasteiger partial charge is 0.265 e. The van der Waals surface area contributed by atoms with Crippen LogP contribution in [0.25, 0.3) is 22.1 Å². The number of benzene rings is 1. The predicted molar refractivity (Wildman–Crippen MR) is 123 cm³/mol. The van der Waals surface area contributed by atoms with Gasteiger partial charge in [0.25, 0.3) is 5.95 Å². The lowest BCUT2D eigenvalue weighted by Gasteiger charge is -2.46. The fourth-order valence-corrected chi connectivity index (χ4v) is 5.36. The van der Waals surface area contributed by atoms with Crippen LogP contribution < -0.4 is 5.43 Å². The molecule has 3 aromatic rings. The lowest BCUT2D eigenvalue weighted by molar-refractivity contribution is 0.149. The lowest BCUT2D eigenvalue weighted by atomic mass is 9.59. The fourth-order valence-electron chi connectivity index (χ4n) is 5.36. The molecular formula is C24H30N6. The predicted octanol–water partition coefficient (Wildman–Crippen LogP) is 5.62. The number of anilines is 1. The Balaban J connectivity index is 1.33. The van der Waals surface area contributed by atoms with Gasteiger partial charge in [-0.25, -0.2) is 5.43 Å². The van der Waals surface area contributed by atoms with Crippen LogP contribution in [0.2, 0.25) is 0 Å². The van der Waals surface area contributed by atoms with Crippen LogP contribution in [0.15, 0.2) is 34.9 Å². The number of nitrogens with one attached hydrogen (secondary N) is 2. The molecule has 0 aliphatic heterocycles. The number of rotatable bonds is 3. The van der Waals surface area contributed by atoms with Crippen molar-refractivity contribution in [2.75, 3.05) is 5.43 Å². The number of aromatic nitrogens is 4. The Hall–Kier alpha value is -2.76. The Morgan fingerprint density at radius 3 is 3.00 bits per heavy atom. The summed E-state index contributed by atoms with van der Waals surface area (Å²) in [5, 5.41) is 14.2. The summed E-state index contributed by atoms with van der Waals surface area (Å²) in [5.74, 6) is 2.15. The van der Waals surface area contributed by atoms with Crippen LogP contribution in [-0.4, -0.2) is 26.4 Å². The first kappa shape index (κ1) is 19.2. The maximum atomic E-state index is 4.58. The fraction of sp³-hybridized carbons (Fsp3) is 0.500. The summed E-state index contributed by atoms with van der Waals surface area (Å²) < 4.78 is 0. The average Bonchev–Trinajstić information content (AvgIpc) is 3.08. The number of para-hydroxylation sites is 1. The van der Waals surface area contributed by atoms with E-state index in [2.05, 4.69) is 76.7 Å². The first-order chi connectivity index (χ1) is 14.4. The molecule has 0 unspecified atom stereocenters. The summed E-state index contributed by atoms with van der Waals surface area (Å²) in [6, 6.07) is 6.15. The molecule has 2 aromatic heterocycles. The summed E-state index contributed by atoms with van der Waals surface area (Å²) in [4.78, 5) is 7.94. The molecule has 0 spiro atoms. The minimum absolute atomic E-state index is 0.384. The van der Waals surface area contributed by atoms with Gasteiger partial charge in [-0.1, -0.05) is 50.6 Å². The zero-order chi connectivity index (χ0) is 20.9. The Bertz CT molecular complexity index is 1160. The van der Waals surface area contributed by atoms with Gasteiger partial charge in [0.15, 0.2) is 5.65 Å². The van der Waals surface area contributed by atoms with Crippen molar-refractivity contribution in [3.8, 4) is 0 Å². The molecule has 2 aliphatic rings. The number of hydrazone groups is 1. The van der Waals surface area contributed by atoms with E-state index < -0.39 is 0 Å². The van der Waals surface area contributed by atoms with E-state index in [1.54, 1.807) is 5.57 Å². The van der Waals surface area contributed by atoms with Gasteiger partial charge in [-0.15, -0.1) is 10.2 Å². The van der Waals surface area contributed by atoms with Gasteiger partial charge in [0.2, 0.25) is 0 Å². The van der Waals surface area contributed by atoms with Gasteiger partial charge in [-0.05, 0) is 61.3 Å². The van der Waals surface area contributed by atoms with Gasteiger partial charge in [0.05, 0.1) is 5.52 Å². The molecule has 0 bridgehead atoms. The topological polar surface area (TPSA) is 78.9 Å². The molecule has 2 aliphatic carbocycles. The zero-order valence-corrected chi connectivity index (χ0v) is 18.2. The van der Waals surface area contributed by atoms with Crippen LogP contribution in [0, 0.1) is 30.1 Å². The van der Waals surface area contributed by atoms with E-state index in [1.807, 2.05) is 12.1 Å². The van der Waals surface area contributed by atoms with Crippen LogP contribution in [-0.2, 0) is 0 Å². The van der Waals surface area contributed by atoms with Gasteiger partial charge in [0, 0.05) is 11.6 Å². The van der Waals surface area contributed by atoms with E-state index >= 15 is 0 Å². The molecule has 0 amide bonds. The van der Waals surface area contributed by atoms with Crippen molar-refractivity contribution in [2.45, 2.75) is 53.4 Å². The van der Waals surface area contributed by atoms with Crippen molar-refractivity contribution >= 4 is 34.2 Å². The largest absolute Gasteiger partial charge is 0.337 e. The molecule has 5 rings (SSSR count). The number of allylic oxidation sites excluding steroid dienone is 2. The molecule has 1 saturated carbocycles. The second-order valence-corrected chi connectivity index (χ2v) is 9.78. The Labute approximate surface area is 177 Å². The van der Waals surface area contributed by atoms with Gasteiger partial charge in [0.1, 0.15) is 5.52 Å². The highest BCUT2D eigenvalue weighted by Gasteiger charge is 2.40. The van der Waals surface area contributed by atoms with Gasteiger partial charge in [-0.3, -0.25) is 0 Å². The van der Waals surface area contributed by atoms with E-state index in [9.17, 15) is 0 Å². The van der Waals surface area contributed by atoms with E-state index in [4.69, 9.17) is 0 Å². The van der Waals surface area contributed by atoms with Gasteiger partial charge < -0.3 is 4.98 Å². The summed E-state index contributed by atoms with van der Waals surface area (Å²) in [7, 11) is 0. The first-order valence-electron chi connectivity index (χ1n) is 11.0. The first-order valence-corrected chi connectivity index (χ1v) is 11.0. The second kappa shape index (κ2) is 7.18. The Morgan fingerprint density at radius 1 is 1.27 bits per heavy atom.